The van der Waals surface area contributed by atoms with Crippen LogP contribution in [0.15, 0.2) is 41.8 Å². The molecule has 1 amide bonds. The van der Waals surface area contributed by atoms with Crippen LogP contribution >= 0.6 is 0 Å². The van der Waals surface area contributed by atoms with Crippen LogP contribution in [0.25, 0.3) is 0 Å². The van der Waals surface area contributed by atoms with Crippen molar-refractivity contribution >= 4 is 21.6 Å². The number of hydrogen-bond acceptors (Lipinski definition) is 4. The van der Waals surface area contributed by atoms with E-state index in [-0.39, 0.29) is 17.3 Å². The molecule has 1 aliphatic rings. The number of sulfonamides is 1. The Labute approximate surface area is 124 Å². The van der Waals surface area contributed by atoms with Crippen molar-refractivity contribution in [1.82, 2.24) is 4.72 Å². The van der Waals surface area contributed by atoms with E-state index in [0.29, 0.717) is 18.7 Å². The Morgan fingerprint density at radius 1 is 1.38 bits per heavy atom. The van der Waals surface area contributed by atoms with Crippen LogP contribution in [0.3, 0.4) is 0 Å². The summed E-state index contributed by atoms with van der Waals surface area (Å²) < 4.78 is 31.4. The van der Waals surface area contributed by atoms with E-state index < -0.39 is 16.1 Å². The lowest BCUT2D eigenvalue weighted by molar-refractivity contribution is -0.124. The Morgan fingerprint density at radius 2 is 2.10 bits per heavy atom. The fraction of sp³-hybridized carbons (Fsp3) is 0.357. The summed E-state index contributed by atoms with van der Waals surface area (Å²) in [6.45, 7) is 4.22. The van der Waals surface area contributed by atoms with Gasteiger partial charge < -0.3 is 10.1 Å². The molecule has 0 radical (unpaired) electrons. The van der Waals surface area contributed by atoms with E-state index in [1.807, 2.05) is 0 Å². The standard InChI is InChI=1S/C14H18N2O4S/c1-2-9-15-21(18,19)12-7-5-11(6-8-12)16-14(17)13-4-3-10-20-13/h2,5-8,13,15H,1,3-4,9-10H2,(H,16,17). The molecule has 1 unspecified atom stereocenters. The maximum absolute atomic E-state index is 11.9. The maximum Gasteiger partial charge on any atom is 0.253 e. The lowest BCUT2D eigenvalue weighted by Gasteiger charge is -2.11. The van der Waals surface area contributed by atoms with Gasteiger partial charge in [0.1, 0.15) is 6.10 Å². The normalized spacial score (nSPS) is 18.4. The maximum atomic E-state index is 11.9. The number of carbonyl (C=O) groups excluding carboxylic acids is 1. The second-order valence-electron chi connectivity index (χ2n) is 4.66. The van der Waals surface area contributed by atoms with Crippen molar-refractivity contribution in [2.24, 2.45) is 0 Å². The van der Waals surface area contributed by atoms with Crippen molar-refractivity contribution in [3.63, 3.8) is 0 Å². The minimum Gasteiger partial charge on any atom is -0.368 e. The summed E-state index contributed by atoms with van der Waals surface area (Å²) in [5, 5.41) is 2.71. The summed E-state index contributed by atoms with van der Waals surface area (Å²) in [7, 11) is -3.54. The fourth-order valence-corrected chi connectivity index (χ4v) is 2.97. The van der Waals surface area contributed by atoms with Crippen LogP contribution < -0.4 is 10.0 Å². The van der Waals surface area contributed by atoms with E-state index in [4.69, 9.17) is 4.74 Å². The Morgan fingerprint density at radius 3 is 2.67 bits per heavy atom. The molecule has 0 spiro atoms. The van der Waals surface area contributed by atoms with Crippen molar-refractivity contribution < 1.29 is 17.9 Å². The Balaban J connectivity index is 2.01. The predicted molar refractivity (Wildman–Crippen MR) is 79.4 cm³/mol. The summed E-state index contributed by atoms with van der Waals surface area (Å²) in [6, 6.07) is 5.98. The largest absolute Gasteiger partial charge is 0.368 e. The average molecular weight is 310 g/mol. The third-order valence-electron chi connectivity index (χ3n) is 3.07. The van der Waals surface area contributed by atoms with Crippen LogP contribution in [0.4, 0.5) is 5.69 Å². The topological polar surface area (TPSA) is 84.5 Å². The smallest absolute Gasteiger partial charge is 0.253 e. The molecule has 1 atom stereocenters. The van der Waals surface area contributed by atoms with Gasteiger partial charge in [-0.2, -0.15) is 0 Å². The quantitative estimate of drug-likeness (QED) is 0.775. The predicted octanol–water partition coefficient (Wildman–Crippen LogP) is 1.27. The molecular formula is C14H18N2O4S. The van der Waals surface area contributed by atoms with Gasteiger partial charge in [0.15, 0.2) is 0 Å². The number of benzene rings is 1. The van der Waals surface area contributed by atoms with E-state index in [2.05, 4.69) is 16.6 Å². The fourth-order valence-electron chi connectivity index (χ4n) is 1.98. The van der Waals surface area contributed by atoms with Gasteiger partial charge in [-0.1, -0.05) is 6.08 Å². The lowest BCUT2D eigenvalue weighted by atomic mass is 10.2. The Kier molecular flexibility index (Phi) is 5.11. The van der Waals surface area contributed by atoms with Gasteiger partial charge in [0.2, 0.25) is 10.0 Å². The van der Waals surface area contributed by atoms with Gasteiger partial charge >= 0.3 is 0 Å². The van der Waals surface area contributed by atoms with E-state index in [1.165, 1.54) is 18.2 Å². The molecule has 1 aromatic rings. The van der Waals surface area contributed by atoms with Crippen molar-refractivity contribution in [3.8, 4) is 0 Å². The first-order valence-electron chi connectivity index (χ1n) is 6.66. The highest BCUT2D eigenvalue weighted by Gasteiger charge is 2.23. The lowest BCUT2D eigenvalue weighted by Crippen LogP contribution is -2.27. The van der Waals surface area contributed by atoms with Crippen molar-refractivity contribution in [2.75, 3.05) is 18.5 Å². The highest BCUT2D eigenvalue weighted by atomic mass is 32.2. The first-order valence-corrected chi connectivity index (χ1v) is 8.14. The molecule has 0 aliphatic carbocycles. The summed E-state index contributed by atoms with van der Waals surface area (Å²) in [6.07, 6.45) is 2.64. The minimum absolute atomic E-state index is 0.138. The van der Waals surface area contributed by atoms with Gasteiger partial charge in [0.05, 0.1) is 4.90 Å². The van der Waals surface area contributed by atoms with Crippen LogP contribution in [0.5, 0.6) is 0 Å². The van der Waals surface area contributed by atoms with Crippen molar-refractivity contribution in [3.05, 3.63) is 36.9 Å². The number of carbonyl (C=O) groups is 1. The zero-order valence-corrected chi connectivity index (χ0v) is 12.4. The molecule has 1 aromatic carbocycles. The Bertz CT molecular complexity index is 604. The number of ether oxygens (including phenoxy) is 1. The molecule has 1 aliphatic heterocycles. The summed E-state index contributed by atoms with van der Waals surface area (Å²) >= 11 is 0. The highest BCUT2D eigenvalue weighted by molar-refractivity contribution is 7.89. The SMILES string of the molecule is C=CCNS(=O)(=O)c1ccc(NC(=O)C2CCCO2)cc1. The summed E-state index contributed by atoms with van der Waals surface area (Å²) in [4.78, 5) is 12.0. The van der Waals surface area contributed by atoms with Gasteiger partial charge in [0, 0.05) is 18.8 Å². The zero-order chi connectivity index (χ0) is 15.3. The third-order valence-corrected chi connectivity index (χ3v) is 4.51. The number of rotatable bonds is 6. The zero-order valence-electron chi connectivity index (χ0n) is 11.5. The second-order valence-corrected chi connectivity index (χ2v) is 6.42. The third kappa shape index (κ3) is 4.13. The molecular weight excluding hydrogens is 292 g/mol. The first-order chi connectivity index (χ1) is 10.0. The molecule has 21 heavy (non-hydrogen) atoms. The van der Waals surface area contributed by atoms with Crippen LogP contribution in [-0.4, -0.2) is 33.6 Å². The van der Waals surface area contributed by atoms with Gasteiger partial charge in [-0.25, -0.2) is 13.1 Å². The van der Waals surface area contributed by atoms with Gasteiger partial charge in [-0.3, -0.25) is 4.79 Å². The molecule has 0 aromatic heterocycles. The first kappa shape index (κ1) is 15.7. The highest BCUT2D eigenvalue weighted by Crippen LogP contribution is 2.17. The molecule has 1 fully saturated rings. The van der Waals surface area contributed by atoms with Crippen LogP contribution in [0, 0.1) is 0 Å². The summed E-state index contributed by atoms with van der Waals surface area (Å²) in [5.74, 6) is -0.201. The van der Waals surface area contributed by atoms with Gasteiger partial charge in [-0.05, 0) is 37.1 Å². The minimum atomic E-state index is -3.54. The summed E-state index contributed by atoms with van der Waals surface area (Å²) in [5.41, 5.74) is 0.540. The molecule has 1 saturated heterocycles. The number of nitrogens with one attached hydrogen (secondary N) is 2. The van der Waals surface area contributed by atoms with E-state index in [1.54, 1.807) is 12.1 Å². The second kappa shape index (κ2) is 6.84. The number of hydrogen-bond donors (Lipinski definition) is 2. The van der Waals surface area contributed by atoms with E-state index in [9.17, 15) is 13.2 Å². The molecule has 2 N–H and O–H groups in total. The van der Waals surface area contributed by atoms with Crippen molar-refractivity contribution in [2.45, 2.75) is 23.8 Å². The van der Waals surface area contributed by atoms with E-state index in [0.717, 1.165) is 6.42 Å². The van der Waals surface area contributed by atoms with Crippen molar-refractivity contribution in [1.29, 1.82) is 0 Å². The molecule has 2 rings (SSSR count). The number of anilines is 1. The van der Waals surface area contributed by atoms with Crippen LogP contribution in [-0.2, 0) is 19.6 Å². The molecule has 6 nitrogen and oxygen atoms in total. The molecule has 1 heterocycles. The molecule has 0 saturated carbocycles. The van der Waals surface area contributed by atoms with Gasteiger partial charge in [0.25, 0.3) is 5.91 Å². The van der Waals surface area contributed by atoms with E-state index >= 15 is 0 Å². The average Bonchev–Trinajstić information content (AvgIpc) is 3.00. The Hall–Kier alpha value is -1.70. The van der Waals surface area contributed by atoms with Gasteiger partial charge in [-0.15, -0.1) is 6.58 Å². The molecule has 0 bridgehead atoms. The monoisotopic (exact) mass is 310 g/mol. The van der Waals surface area contributed by atoms with Crippen LogP contribution in [0.2, 0.25) is 0 Å². The number of amides is 1. The molecule has 7 heteroatoms. The van der Waals surface area contributed by atoms with Crippen LogP contribution in [0.1, 0.15) is 12.8 Å². The molecule has 114 valence electrons.